The lowest BCUT2D eigenvalue weighted by Crippen LogP contribution is -2.33. The Hall–Kier alpha value is -2.53. The van der Waals surface area contributed by atoms with Gasteiger partial charge in [0.15, 0.2) is 5.78 Å². The first kappa shape index (κ1) is 16.9. The fourth-order valence-electron chi connectivity index (χ4n) is 3.79. The molecule has 0 saturated carbocycles. The van der Waals surface area contributed by atoms with Gasteiger partial charge in [-0.2, -0.15) is 0 Å². The number of nitrogens with zero attached hydrogens (tertiary/aromatic N) is 4. The first-order valence-electron chi connectivity index (χ1n) is 9.21. The molecule has 5 nitrogen and oxygen atoms in total. The quantitative estimate of drug-likeness (QED) is 0.710. The van der Waals surface area contributed by atoms with E-state index in [1.54, 1.807) is 6.33 Å². The van der Waals surface area contributed by atoms with Crippen LogP contribution in [0.3, 0.4) is 0 Å². The lowest BCUT2D eigenvalue weighted by molar-refractivity contribution is -0.119. The fraction of sp³-hybridized carbons (Fsp3) is 0.381. The summed E-state index contributed by atoms with van der Waals surface area (Å²) in [5.41, 5.74) is 3.03. The van der Waals surface area contributed by atoms with E-state index in [1.165, 1.54) is 12.8 Å². The van der Waals surface area contributed by atoms with Crippen LogP contribution in [0, 0.1) is 0 Å². The van der Waals surface area contributed by atoms with E-state index in [0.29, 0.717) is 19.0 Å². The molecule has 2 aromatic heterocycles. The Labute approximate surface area is 153 Å². The number of Topliss-reactive ketones (excluding diaryl/α,β-unsaturated/α-hetero) is 1. The monoisotopic (exact) mass is 348 g/mol. The lowest BCUT2D eigenvalue weighted by Gasteiger charge is -2.19. The number of aryl methyl sites for hydroxylation is 1. The molecule has 1 aliphatic heterocycles. The van der Waals surface area contributed by atoms with Crippen LogP contribution < -0.4 is 0 Å². The predicted octanol–water partition coefficient (Wildman–Crippen LogP) is 3.23. The van der Waals surface area contributed by atoms with E-state index >= 15 is 0 Å². The molecular formula is C21H24N4O. The number of fused-ring (bicyclic) bond motifs is 1. The maximum Gasteiger partial charge on any atom is 0.152 e. The summed E-state index contributed by atoms with van der Waals surface area (Å²) >= 11 is 0. The number of pyridine rings is 1. The molecule has 134 valence electrons. The SMILES string of the molecule is C[C@H]1CCCN1CC(=O)Cc1cc2cc(-c3cncn3C)ccc2cn1. The van der Waals surface area contributed by atoms with Gasteiger partial charge in [-0.25, -0.2) is 4.98 Å². The Morgan fingerprint density at radius 1 is 1.23 bits per heavy atom. The van der Waals surface area contributed by atoms with E-state index in [4.69, 9.17) is 0 Å². The molecule has 3 heterocycles. The van der Waals surface area contributed by atoms with Gasteiger partial charge in [-0.05, 0) is 43.8 Å². The second-order valence-electron chi connectivity index (χ2n) is 7.30. The molecule has 1 aromatic carbocycles. The number of rotatable bonds is 5. The zero-order valence-corrected chi connectivity index (χ0v) is 15.4. The van der Waals surface area contributed by atoms with Crippen LogP contribution >= 0.6 is 0 Å². The number of benzene rings is 1. The van der Waals surface area contributed by atoms with Crippen molar-refractivity contribution in [1.29, 1.82) is 0 Å². The van der Waals surface area contributed by atoms with E-state index in [0.717, 1.165) is 34.3 Å². The second kappa shape index (κ2) is 7.00. The minimum Gasteiger partial charge on any atom is -0.334 e. The summed E-state index contributed by atoms with van der Waals surface area (Å²) in [7, 11) is 1.99. The van der Waals surface area contributed by atoms with Crippen molar-refractivity contribution in [2.75, 3.05) is 13.1 Å². The van der Waals surface area contributed by atoms with Crippen LogP contribution in [0.25, 0.3) is 22.0 Å². The van der Waals surface area contributed by atoms with Crippen LogP contribution in [0.4, 0.5) is 0 Å². The smallest absolute Gasteiger partial charge is 0.152 e. The molecule has 0 bridgehead atoms. The molecule has 4 rings (SSSR count). The molecular weight excluding hydrogens is 324 g/mol. The third-order valence-corrected chi connectivity index (χ3v) is 5.34. The zero-order chi connectivity index (χ0) is 18.1. The third kappa shape index (κ3) is 3.40. The van der Waals surface area contributed by atoms with E-state index < -0.39 is 0 Å². The molecule has 1 atom stereocenters. The van der Waals surface area contributed by atoms with Gasteiger partial charge in [0.05, 0.1) is 31.2 Å². The Bertz CT molecular complexity index is 946. The highest BCUT2D eigenvalue weighted by Crippen LogP contribution is 2.24. The third-order valence-electron chi connectivity index (χ3n) is 5.34. The molecule has 0 aliphatic carbocycles. The highest BCUT2D eigenvalue weighted by Gasteiger charge is 2.22. The number of likely N-dealkylation sites (tertiary alicyclic amines) is 1. The van der Waals surface area contributed by atoms with Crippen molar-refractivity contribution in [3.05, 3.63) is 48.7 Å². The Balaban J connectivity index is 1.54. The van der Waals surface area contributed by atoms with Gasteiger partial charge in [0, 0.05) is 35.9 Å². The van der Waals surface area contributed by atoms with Crippen LogP contribution in [-0.4, -0.2) is 44.3 Å². The molecule has 3 aromatic rings. The van der Waals surface area contributed by atoms with Crippen molar-refractivity contribution in [3.8, 4) is 11.3 Å². The largest absolute Gasteiger partial charge is 0.334 e. The summed E-state index contributed by atoms with van der Waals surface area (Å²) in [6.45, 7) is 3.77. The van der Waals surface area contributed by atoms with Gasteiger partial charge in [-0.3, -0.25) is 14.7 Å². The standard InChI is InChI=1S/C21H24N4O/c1-15-4-3-7-25(15)13-20(26)10-19-9-18-8-16(5-6-17(18)11-23-19)21-12-22-14-24(21)2/h5-6,8-9,11-12,14-15H,3-4,7,10,13H2,1-2H3/t15-/m0/s1. The van der Waals surface area contributed by atoms with Crippen molar-refractivity contribution in [2.45, 2.75) is 32.2 Å². The van der Waals surface area contributed by atoms with Gasteiger partial charge in [-0.1, -0.05) is 12.1 Å². The number of imidazole rings is 1. The lowest BCUT2D eigenvalue weighted by atomic mass is 10.0. The van der Waals surface area contributed by atoms with Gasteiger partial charge in [0.25, 0.3) is 0 Å². The van der Waals surface area contributed by atoms with Crippen LogP contribution in [0.1, 0.15) is 25.5 Å². The number of carbonyl (C=O) groups excluding carboxylic acids is 1. The summed E-state index contributed by atoms with van der Waals surface area (Å²) in [4.78, 5) is 23.4. The zero-order valence-electron chi connectivity index (χ0n) is 15.4. The molecule has 0 unspecified atom stereocenters. The minimum absolute atomic E-state index is 0.244. The van der Waals surface area contributed by atoms with Crippen LogP contribution in [0.5, 0.6) is 0 Å². The van der Waals surface area contributed by atoms with Crippen molar-refractivity contribution in [3.63, 3.8) is 0 Å². The number of ketones is 1. The summed E-state index contributed by atoms with van der Waals surface area (Å²) in [6.07, 6.45) is 8.32. The predicted molar refractivity (Wildman–Crippen MR) is 103 cm³/mol. The van der Waals surface area contributed by atoms with Gasteiger partial charge < -0.3 is 4.57 Å². The van der Waals surface area contributed by atoms with E-state index in [1.807, 2.05) is 30.1 Å². The summed E-state index contributed by atoms with van der Waals surface area (Å²) in [5.74, 6) is 0.244. The van der Waals surface area contributed by atoms with Gasteiger partial charge in [0.1, 0.15) is 0 Å². The van der Waals surface area contributed by atoms with Crippen molar-refractivity contribution < 1.29 is 4.79 Å². The molecule has 1 aliphatic rings. The maximum atomic E-state index is 12.5. The van der Waals surface area contributed by atoms with Crippen molar-refractivity contribution >= 4 is 16.6 Å². The van der Waals surface area contributed by atoms with E-state index in [2.05, 4.69) is 40.0 Å². The topological polar surface area (TPSA) is 51.0 Å². The van der Waals surface area contributed by atoms with Crippen LogP contribution in [-0.2, 0) is 18.3 Å². The molecule has 26 heavy (non-hydrogen) atoms. The molecule has 1 fully saturated rings. The normalized spacial score (nSPS) is 17.8. The fourth-order valence-corrected chi connectivity index (χ4v) is 3.79. The molecule has 0 spiro atoms. The number of carbonyl (C=O) groups is 1. The number of aromatic nitrogens is 3. The minimum atomic E-state index is 0.244. The Morgan fingerprint density at radius 3 is 2.85 bits per heavy atom. The van der Waals surface area contributed by atoms with Crippen molar-refractivity contribution in [2.24, 2.45) is 7.05 Å². The Kier molecular flexibility index (Phi) is 4.55. The first-order chi connectivity index (χ1) is 12.6. The summed E-state index contributed by atoms with van der Waals surface area (Å²) in [5, 5.41) is 2.19. The van der Waals surface area contributed by atoms with Gasteiger partial charge in [0.2, 0.25) is 0 Å². The summed E-state index contributed by atoms with van der Waals surface area (Å²) < 4.78 is 2.00. The molecule has 0 radical (unpaired) electrons. The molecule has 1 saturated heterocycles. The highest BCUT2D eigenvalue weighted by molar-refractivity contribution is 5.88. The van der Waals surface area contributed by atoms with E-state index in [9.17, 15) is 4.79 Å². The first-order valence-corrected chi connectivity index (χ1v) is 9.21. The molecule has 5 heteroatoms. The van der Waals surface area contributed by atoms with Crippen LogP contribution in [0.15, 0.2) is 43.0 Å². The number of hydrogen-bond donors (Lipinski definition) is 0. The van der Waals surface area contributed by atoms with Gasteiger partial charge >= 0.3 is 0 Å². The van der Waals surface area contributed by atoms with Crippen LogP contribution in [0.2, 0.25) is 0 Å². The molecule has 0 amide bonds. The second-order valence-corrected chi connectivity index (χ2v) is 7.30. The van der Waals surface area contributed by atoms with Gasteiger partial charge in [-0.15, -0.1) is 0 Å². The Morgan fingerprint density at radius 2 is 2.12 bits per heavy atom. The summed E-state index contributed by atoms with van der Waals surface area (Å²) in [6, 6.07) is 8.86. The average Bonchev–Trinajstić information content (AvgIpc) is 3.23. The molecule has 0 N–H and O–H groups in total. The van der Waals surface area contributed by atoms with E-state index in [-0.39, 0.29) is 5.78 Å². The maximum absolute atomic E-state index is 12.5. The number of hydrogen-bond acceptors (Lipinski definition) is 4. The highest BCUT2D eigenvalue weighted by atomic mass is 16.1. The average molecular weight is 348 g/mol. The van der Waals surface area contributed by atoms with Crippen molar-refractivity contribution in [1.82, 2.24) is 19.4 Å².